The summed E-state index contributed by atoms with van der Waals surface area (Å²) in [7, 11) is 0. The van der Waals surface area contributed by atoms with Gasteiger partial charge in [-0.25, -0.2) is 9.98 Å². The fourth-order valence-corrected chi connectivity index (χ4v) is 3.67. The molecule has 2 N–H and O–H groups in total. The molecule has 0 amide bonds. The number of nitrogens with zero attached hydrogens (tertiary/aromatic N) is 2. The van der Waals surface area contributed by atoms with E-state index in [0.717, 1.165) is 44.1 Å². The number of hydrogen-bond donors (Lipinski definition) is 2. The number of para-hydroxylation sites is 1. The highest BCUT2D eigenvalue weighted by Gasteiger charge is 2.21. The molecule has 0 saturated heterocycles. The van der Waals surface area contributed by atoms with Crippen LogP contribution in [-0.4, -0.2) is 36.7 Å². The van der Waals surface area contributed by atoms with Crippen LogP contribution in [0.1, 0.15) is 29.3 Å². The normalized spacial score (nSPS) is 15.8. The van der Waals surface area contributed by atoms with Gasteiger partial charge in [0.1, 0.15) is 11.9 Å². The van der Waals surface area contributed by atoms with Crippen LogP contribution in [0.15, 0.2) is 35.5 Å². The standard InChI is InChI=1S/C19H26N4OS.HI/c1-3-16-13-22-18(25-16)9-10-21-19(20-4-2)23-12-15-11-14-7-5-6-8-17(14)24-15;/h5-8,13,15H,3-4,9-12H2,1-2H3,(H2,20,21,23);1H. The monoisotopic (exact) mass is 486 g/mol. The first kappa shape index (κ1) is 21.0. The van der Waals surface area contributed by atoms with Crippen molar-refractivity contribution in [2.24, 2.45) is 4.99 Å². The molecule has 1 aromatic heterocycles. The summed E-state index contributed by atoms with van der Waals surface area (Å²) in [5, 5.41) is 7.86. The molecule has 1 aliphatic heterocycles. The van der Waals surface area contributed by atoms with Crippen molar-refractivity contribution >= 4 is 41.3 Å². The quantitative estimate of drug-likeness (QED) is 0.358. The molecule has 7 heteroatoms. The Morgan fingerprint density at radius 2 is 2.15 bits per heavy atom. The minimum absolute atomic E-state index is 0. The molecular formula is C19H27IN4OS. The summed E-state index contributed by atoms with van der Waals surface area (Å²) < 4.78 is 5.95. The Balaban J connectivity index is 0.00000243. The van der Waals surface area contributed by atoms with Crippen LogP contribution in [0.5, 0.6) is 5.75 Å². The fourth-order valence-electron chi connectivity index (χ4n) is 2.81. The van der Waals surface area contributed by atoms with E-state index < -0.39 is 0 Å². The van der Waals surface area contributed by atoms with Crippen LogP contribution in [0.3, 0.4) is 0 Å². The summed E-state index contributed by atoms with van der Waals surface area (Å²) in [5.74, 6) is 1.84. The first-order valence-corrected chi connectivity index (χ1v) is 9.80. The Labute approximate surface area is 176 Å². The van der Waals surface area contributed by atoms with Gasteiger partial charge in [0.2, 0.25) is 0 Å². The van der Waals surface area contributed by atoms with Crippen molar-refractivity contribution in [3.05, 3.63) is 45.9 Å². The van der Waals surface area contributed by atoms with Gasteiger partial charge < -0.3 is 15.4 Å². The number of aryl methyl sites for hydroxylation is 1. The molecule has 2 heterocycles. The third kappa shape index (κ3) is 5.84. The molecule has 1 aliphatic rings. The molecule has 0 fully saturated rings. The highest BCUT2D eigenvalue weighted by atomic mass is 127. The van der Waals surface area contributed by atoms with Crippen LogP contribution in [0.4, 0.5) is 0 Å². The van der Waals surface area contributed by atoms with Crippen molar-refractivity contribution in [3.8, 4) is 5.75 Å². The van der Waals surface area contributed by atoms with Crippen LogP contribution in [-0.2, 0) is 19.3 Å². The van der Waals surface area contributed by atoms with Crippen LogP contribution in [0, 0.1) is 0 Å². The Kier molecular flexibility index (Phi) is 8.64. The van der Waals surface area contributed by atoms with Crippen molar-refractivity contribution in [1.29, 1.82) is 0 Å². The summed E-state index contributed by atoms with van der Waals surface area (Å²) in [5.41, 5.74) is 1.27. The second-order valence-corrected chi connectivity index (χ2v) is 7.22. The predicted molar refractivity (Wildman–Crippen MR) is 119 cm³/mol. The number of guanidine groups is 1. The maximum atomic E-state index is 5.95. The van der Waals surface area contributed by atoms with Crippen molar-refractivity contribution in [2.45, 2.75) is 39.2 Å². The number of fused-ring (bicyclic) bond motifs is 1. The van der Waals surface area contributed by atoms with E-state index in [4.69, 9.17) is 4.74 Å². The maximum absolute atomic E-state index is 5.95. The second kappa shape index (κ2) is 10.7. The van der Waals surface area contributed by atoms with Crippen molar-refractivity contribution in [3.63, 3.8) is 0 Å². The van der Waals surface area contributed by atoms with Crippen LogP contribution in [0.2, 0.25) is 0 Å². The summed E-state index contributed by atoms with van der Waals surface area (Å²) in [6.07, 6.45) is 5.00. The van der Waals surface area contributed by atoms with Crippen LogP contribution in [0.25, 0.3) is 0 Å². The smallest absolute Gasteiger partial charge is 0.191 e. The molecule has 26 heavy (non-hydrogen) atoms. The zero-order chi connectivity index (χ0) is 17.5. The summed E-state index contributed by atoms with van der Waals surface area (Å²) >= 11 is 1.79. The molecule has 1 aromatic carbocycles. The Morgan fingerprint density at radius 1 is 1.31 bits per heavy atom. The number of nitrogens with one attached hydrogen (secondary N) is 2. The van der Waals surface area contributed by atoms with Gasteiger partial charge in [-0.3, -0.25) is 0 Å². The van der Waals surface area contributed by atoms with E-state index in [0.29, 0.717) is 6.54 Å². The molecule has 0 aliphatic carbocycles. The number of halogens is 1. The number of aromatic nitrogens is 1. The highest BCUT2D eigenvalue weighted by Crippen LogP contribution is 2.28. The van der Waals surface area contributed by atoms with E-state index >= 15 is 0 Å². The minimum atomic E-state index is 0. The van der Waals surface area contributed by atoms with E-state index in [2.05, 4.69) is 46.6 Å². The Hall–Kier alpha value is -1.35. The van der Waals surface area contributed by atoms with Gasteiger partial charge in [0.05, 0.1) is 11.6 Å². The summed E-state index contributed by atoms with van der Waals surface area (Å²) in [6, 6.07) is 8.23. The largest absolute Gasteiger partial charge is 0.488 e. The molecule has 3 rings (SSSR count). The van der Waals surface area contributed by atoms with E-state index in [1.807, 2.05) is 18.3 Å². The van der Waals surface area contributed by atoms with Gasteiger partial charge >= 0.3 is 0 Å². The van der Waals surface area contributed by atoms with Gasteiger partial charge in [-0.15, -0.1) is 35.3 Å². The van der Waals surface area contributed by atoms with E-state index in [1.165, 1.54) is 15.4 Å². The third-order valence-corrected chi connectivity index (χ3v) is 5.29. The van der Waals surface area contributed by atoms with E-state index in [1.54, 1.807) is 11.3 Å². The fraction of sp³-hybridized carbons (Fsp3) is 0.474. The van der Waals surface area contributed by atoms with E-state index in [9.17, 15) is 0 Å². The van der Waals surface area contributed by atoms with Gasteiger partial charge in [0.25, 0.3) is 0 Å². The van der Waals surface area contributed by atoms with Gasteiger partial charge in [-0.1, -0.05) is 25.1 Å². The average molecular weight is 486 g/mol. The molecular weight excluding hydrogens is 459 g/mol. The number of benzene rings is 1. The lowest BCUT2D eigenvalue weighted by Crippen LogP contribution is -2.39. The van der Waals surface area contributed by atoms with Crippen LogP contribution < -0.4 is 15.4 Å². The summed E-state index contributed by atoms with van der Waals surface area (Å²) in [4.78, 5) is 10.5. The molecule has 1 atom stereocenters. The Morgan fingerprint density at radius 3 is 2.88 bits per heavy atom. The lowest BCUT2D eigenvalue weighted by molar-refractivity contribution is 0.241. The number of rotatable bonds is 7. The second-order valence-electron chi connectivity index (χ2n) is 6.02. The average Bonchev–Trinajstić information content (AvgIpc) is 3.25. The predicted octanol–water partition coefficient (Wildman–Crippen LogP) is 3.42. The van der Waals surface area contributed by atoms with Crippen molar-refractivity contribution < 1.29 is 4.74 Å². The molecule has 142 valence electrons. The molecule has 2 aromatic rings. The molecule has 0 bridgehead atoms. The SMILES string of the molecule is CCNC(=NCC1Cc2ccccc2O1)NCCc1ncc(CC)s1.I. The first-order chi connectivity index (χ1) is 12.3. The summed E-state index contributed by atoms with van der Waals surface area (Å²) in [6.45, 7) is 6.56. The lowest BCUT2D eigenvalue weighted by atomic mass is 10.1. The minimum Gasteiger partial charge on any atom is -0.488 e. The first-order valence-electron chi connectivity index (χ1n) is 8.98. The molecule has 1 unspecified atom stereocenters. The molecule has 5 nitrogen and oxygen atoms in total. The molecule has 0 radical (unpaired) electrons. The number of thiazole rings is 1. The third-order valence-electron chi connectivity index (χ3n) is 4.09. The van der Waals surface area contributed by atoms with Crippen LogP contribution >= 0.6 is 35.3 Å². The van der Waals surface area contributed by atoms with Crippen molar-refractivity contribution in [1.82, 2.24) is 15.6 Å². The van der Waals surface area contributed by atoms with Gasteiger partial charge in [0, 0.05) is 37.0 Å². The van der Waals surface area contributed by atoms with Crippen molar-refractivity contribution in [2.75, 3.05) is 19.6 Å². The molecule has 0 spiro atoms. The molecule has 0 saturated carbocycles. The van der Waals surface area contributed by atoms with Gasteiger partial charge in [-0.2, -0.15) is 0 Å². The zero-order valence-corrected chi connectivity index (χ0v) is 18.5. The van der Waals surface area contributed by atoms with Gasteiger partial charge in [0.15, 0.2) is 5.96 Å². The topological polar surface area (TPSA) is 58.5 Å². The lowest BCUT2D eigenvalue weighted by Gasteiger charge is -2.13. The number of ether oxygens (including phenoxy) is 1. The number of hydrogen-bond acceptors (Lipinski definition) is 4. The highest BCUT2D eigenvalue weighted by molar-refractivity contribution is 14.0. The van der Waals surface area contributed by atoms with E-state index in [-0.39, 0.29) is 30.1 Å². The zero-order valence-electron chi connectivity index (χ0n) is 15.3. The number of aliphatic imine (C=N–C) groups is 1. The maximum Gasteiger partial charge on any atom is 0.191 e. The Bertz CT molecular complexity index is 694. The van der Waals surface area contributed by atoms with Gasteiger partial charge in [-0.05, 0) is 25.0 Å².